The van der Waals surface area contributed by atoms with E-state index in [4.69, 9.17) is 0 Å². The lowest BCUT2D eigenvalue weighted by atomic mass is 9.90. The van der Waals surface area contributed by atoms with Crippen LogP contribution in [-0.2, 0) is 11.2 Å². The van der Waals surface area contributed by atoms with Crippen molar-refractivity contribution in [3.63, 3.8) is 0 Å². The topological polar surface area (TPSA) is 49.4 Å². The first-order valence-electron chi connectivity index (χ1n) is 11.1. The van der Waals surface area contributed by atoms with Gasteiger partial charge in [-0.3, -0.25) is 14.5 Å². The third kappa shape index (κ3) is 3.95. The zero-order valence-corrected chi connectivity index (χ0v) is 18.5. The number of carbonyl (C=O) groups is 2. The van der Waals surface area contributed by atoms with Gasteiger partial charge in [-0.05, 0) is 55.2 Å². The fourth-order valence-electron chi connectivity index (χ4n) is 4.44. The second-order valence-electron chi connectivity index (χ2n) is 9.01. The summed E-state index contributed by atoms with van der Waals surface area (Å²) in [6.45, 7) is 6.80. The highest BCUT2D eigenvalue weighted by Crippen LogP contribution is 2.38. The summed E-state index contributed by atoms with van der Waals surface area (Å²) in [6.07, 6.45) is 2.15. The summed E-state index contributed by atoms with van der Waals surface area (Å²) < 4.78 is 0. The number of fused-ring (bicyclic) bond motifs is 2. The Hall–Kier alpha value is -3.14. The summed E-state index contributed by atoms with van der Waals surface area (Å²) in [7, 11) is 0. The fourth-order valence-corrected chi connectivity index (χ4v) is 4.44. The molecule has 0 radical (unpaired) electrons. The van der Waals surface area contributed by atoms with Crippen LogP contribution in [0.1, 0.15) is 49.5 Å². The molecule has 4 heteroatoms. The maximum Gasteiger partial charge on any atom is 0.259 e. The molecule has 0 aliphatic carbocycles. The van der Waals surface area contributed by atoms with Gasteiger partial charge >= 0.3 is 0 Å². The first kappa shape index (κ1) is 21.1. The second-order valence-corrected chi connectivity index (χ2v) is 9.01. The van der Waals surface area contributed by atoms with Crippen LogP contribution in [0.4, 0.5) is 5.69 Å². The zero-order valence-electron chi connectivity index (χ0n) is 18.5. The molecule has 3 aromatic rings. The monoisotopic (exact) mass is 414 g/mol. The number of hydrogen-bond donors (Lipinski definition) is 1. The van der Waals surface area contributed by atoms with Gasteiger partial charge in [0, 0.05) is 17.5 Å². The minimum Gasteiger partial charge on any atom is -0.354 e. The molecule has 1 N–H and O–H groups in total. The smallest absolute Gasteiger partial charge is 0.259 e. The van der Waals surface area contributed by atoms with E-state index in [9.17, 15) is 9.59 Å². The molecular weight excluding hydrogens is 384 g/mol. The van der Waals surface area contributed by atoms with Crippen LogP contribution in [0, 0.1) is 5.92 Å². The van der Waals surface area contributed by atoms with Gasteiger partial charge in [0.25, 0.3) is 5.91 Å². The summed E-state index contributed by atoms with van der Waals surface area (Å²) in [5, 5.41) is 5.13. The predicted molar refractivity (Wildman–Crippen MR) is 126 cm³/mol. The van der Waals surface area contributed by atoms with E-state index in [-0.39, 0.29) is 11.8 Å². The van der Waals surface area contributed by atoms with Crippen molar-refractivity contribution in [2.75, 3.05) is 11.4 Å². The highest BCUT2D eigenvalue weighted by Gasteiger charge is 2.45. The Labute approximate surface area is 184 Å². The molecule has 0 saturated heterocycles. The molecule has 3 aromatic carbocycles. The minimum absolute atomic E-state index is 0.0951. The van der Waals surface area contributed by atoms with Gasteiger partial charge in [-0.1, -0.05) is 68.4 Å². The van der Waals surface area contributed by atoms with Crippen molar-refractivity contribution in [3.8, 4) is 0 Å². The molecule has 4 rings (SSSR count). The lowest BCUT2D eigenvalue weighted by molar-refractivity contribution is -0.126. The zero-order chi connectivity index (χ0) is 22.0. The van der Waals surface area contributed by atoms with Crippen LogP contribution in [0.15, 0.2) is 66.7 Å². The van der Waals surface area contributed by atoms with E-state index in [1.165, 1.54) is 0 Å². The Morgan fingerprint density at radius 1 is 1.03 bits per heavy atom. The minimum atomic E-state index is -0.989. The van der Waals surface area contributed by atoms with Gasteiger partial charge in [0.15, 0.2) is 0 Å². The third-order valence-corrected chi connectivity index (χ3v) is 6.33. The van der Waals surface area contributed by atoms with Crippen LogP contribution in [0.25, 0.3) is 10.8 Å². The lowest BCUT2D eigenvalue weighted by Gasteiger charge is -2.39. The number of nitrogens with zero attached hydrogens (tertiary/aromatic N) is 1. The lowest BCUT2D eigenvalue weighted by Crippen LogP contribution is -2.59. The number of amides is 2. The Bertz CT molecular complexity index is 1120. The Morgan fingerprint density at radius 2 is 1.74 bits per heavy atom. The van der Waals surface area contributed by atoms with E-state index in [1.807, 2.05) is 73.7 Å². The van der Waals surface area contributed by atoms with Gasteiger partial charge in [0.2, 0.25) is 5.91 Å². The molecule has 1 aliphatic heterocycles. The summed E-state index contributed by atoms with van der Waals surface area (Å²) in [6, 6.07) is 21.7. The molecule has 0 aromatic heterocycles. The Morgan fingerprint density at radius 3 is 2.55 bits per heavy atom. The van der Waals surface area contributed by atoms with Crippen LogP contribution in [-0.4, -0.2) is 23.9 Å². The van der Waals surface area contributed by atoms with Gasteiger partial charge in [0.1, 0.15) is 5.54 Å². The Kier molecular flexibility index (Phi) is 5.81. The average Bonchev–Trinajstić information content (AvgIpc) is 2.88. The molecule has 1 unspecified atom stereocenters. The third-order valence-electron chi connectivity index (χ3n) is 6.33. The average molecular weight is 415 g/mol. The van der Waals surface area contributed by atoms with Gasteiger partial charge in [-0.15, -0.1) is 0 Å². The van der Waals surface area contributed by atoms with Crippen LogP contribution in [0.3, 0.4) is 0 Å². The Balaban J connectivity index is 1.85. The molecule has 0 saturated carbocycles. The van der Waals surface area contributed by atoms with Crippen molar-refractivity contribution in [3.05, 3.63) is 77.9 Å². The molecule has 0 fully saturated rings. The first-order valence-corrected chi connectivity index (χ1v) is 11.1. The predicted octanol–water partition coefficient (Wildman–Crippen LogP) is 5.35. The molecule has 0 bridgehead atoms. The van der Waals surface area contributed by atoms with E-state index in [0.717, 1.165) is 28.4 Å². The van der Waals surface area contributed by atoms with Gasteiger partial charge < -0.3 is 5.32 Å². The number of carbonyl (C=O) groups excluding carboxylic acids is 2. The van der Waals surface area contributed by atoms with Crippen molar-refractivity contribution < 1.29 is 9.59 Å². The largest absolute Gasteiger partial charge is 0.354 e. The van der Waals surface area contributed by atoms with E-state index < -0.39 is 5.54 Å². The van der Waals surface area contributed by atoms with Crippen LogP contribution < -0.4 is 10.2 Å². The maximum absolute atomic E-state index is 13.9. The van der Waals surface area contributed by atoms with Crippen molar-refractivity contribution in [2.24, 2.45) is 5.92 Å². The van der Waals surface area contributed by atoms with Crippen molar-refractivity contribution in [2.45, 2.75) is 45.6 Å². The van der Waals surface area contributed by atoms with E-state index in [0.29, 0.717) is 30.9 Å². The van der Waals surface area contributed by atoms with Crippen molar-refractivity contribution in [1.29, 1.82) is 0 Å². The van der Waals surface area contributed by atoms with Crippen molar-refractivity contribution >= 4 is 28.3 Å². The maximum atomic E-state index is 13.9. The molecular formula is C27H30N2O2. The number of aryl methyl sites for hydroxylation is 1. The molecule has 0 spiro atoms. The molecule has 31 heavy (non-hydrogen) atoms. The summed E-state index contributed by atoms with van der Waals surface area (Å²) >= 11 is 0. The molecule has 1 aliphatic rings. The number of benzene rings is 3. The van der Waals surface area contributed by atoms with Crippen molar-refractivity contribution in [1.82, 2.24) is 5.32 Å². The standard InChI is InChI=1S/C27H30N2O2/c1-19(2)16-18-28-26(31)27(3)17-15-21-10-5-7-13-23(21)25(30)29(27)24-14-8-11-20-9-4-6-12-22(20)24/h4-14,19H,15-18H2,1-3H3,(H,28,31). The molecule has 1 atom stereocenters. The number of anilines is 1. The quantitative estimate of drug-likeness (QED) is 0.611. The molecule has 1 heterocycles. The van der Waals surface area contributed by atoms with E-state index in [2.05, 4.69) is 19.2 Å². The highest BCUT2D eigenvalue weighted by molar-refractivity contribution is 6.16. The molecule has 160 valence electrons. The van der Waals surface area contributed by atoms with Crippen LogP contribution in [0.2, 0.25) is 0 Å². The van der Waals surface area contributed by atoms with Gasteiger partial charge in [-0.25, -0.2) is 0 Å². The SMILES string of the molecule is CC(C)CCNC(=O)C1(C)CCc2ccccc2C(=O)N1c1cccc2ccccc12. The number of nitrogens with one attached hydrogen (secondary N) is 1. The normalized spacial score (nSPS) is 18.7. The van der Waals surface area contributed by atoms with Crippen LogP contribution in [0.5, 0.6) is 0 Å². The molecule has 4 nitrogen and oxygen atoms in total. The van der Waals surface area contributed by atoms with Gasteiger partial charge in [0.05, 0.1) is 5.69 Å². The summed E-state index contributed by atoms with van der Waals surface area (Å²) in [4.78, 5) is 29.2. The first-order chi connectivity index (χ1) is 14.9. The number of rotatable bonds is 5. The second kappa shape index (κ2) is 8.54. The summed E-state index contributed by atoms with van der Waals surface area (Å²) in [5.74, 6) is 0.287. The molecule has 2 amide bonds. The van der Waals surface area contributed by atoms with E-state index in [1.54, 1.807) is 4.90 Å². The summed E-state index contributed by atoms with van der Waals surface area (Å²) in [5.41, 5.74) is 1.46. The van der Waals surface area contributed by atoms with Crippen LogP contribution >= 0.6 is 0 Å². The highest BCUT2D eigenvalue weighted by atomic mass is 16.2. The van der Waals surface area contributed by atoms with Gasteiger partial charge in [-0.2, -0.15) is 0 Å². The van der Waals surface area contributed by atoms with E-state index >= 15 is 0 Å². The fraction of sp³-hybridized carbons (Fsp3) is 0.333. The number of hydrogen-bond acceptors (Lipinski definition) is 2.